The van der Waals surface area contributed by atoms with E-state index in [0.29, 0.717) is 0 Å². The van der Waals surface area contributed by atoms with E-state index in [1.807, 2.05) is 6.07 Å². The van der Waals surface area contributed by atoms with E-state index < -0.39 is 0 Å². The maximum atomic E-state index is 12.9. The average Bonchev–Trinajstić information content (AvgIpc) is 2.88. The molecule has 0 spiro atoms. The summed E-state index contributed by atoms with van der Waals surface area (Å²) < 4.78 is 5.19. The molecule has 0 radical (unpaired) electrons. The van der Waals surface area contributed by atoms with Gasteiger partial charge in [-0.05, 0) is 45.3 Å². The molecule has 0 saturated carbocycles. The Morgan fingerprint density at radius 3 is 2.71 bits per heavy atom. The predicted molar refractivity (Wildman–Crippen MR) is 95.8 cm³/mol. The van der Waals surface area contributed by atoms with E-state index in [2.05, 4.69) is 48.0 Å². The number of carbonyl (C=O) groups excluding carboxylic acids is 1. The SMILES string of the molecule is COCC(=O)N1[C@H]2CCCCCN(C)[C@@]2(C)C[C@H]1c1ccccc1. The van der Waals surface area contributed by atoms with Crippen molar-refractivity contribution in [3.8, 4) is 0 Å². The second kappa shape index (κ2) is 7.24. The van der Waals surface area contributed by atoms with Crippen molar-refractivity contribution in [3.05, 3.63) is 35.9 Å². The molecule has 0 aromatic heterocycles. The van der Waals surface area contributed by atoms with Gasteiger partial charge in [0.2, 0.25) is 5.91 Å². The van der Waals surface area contributed by atoms with Crippen molar-refractivity contribution in [2.45, 2.75) is 56.7 Å². The Labute approximate surface area is 145 Å². The molecule has 0 aliphatic carbocycles. The number of amides is 1. The average molecular weight is 330 g/mol. The van der Waals surface area contributed by atoms with Gasteiger partial charge < -0.3 is 9.64 Å². The van der Waals surface area contributed by atoms with E-state index in [-0.39, 0.29) is 30.1 Å². The number of nitrogens with zero attached hydrogens (tertiary/aromatic N) is 2. The van der Waals surface area contributed by atoms with Crippen LogP contribution in [0.1, 0.15) is 50.6 Å². The highest BCUT2D eigenvalue weighted by molar-refractivity contribution is 5.79. The van der Waals surface area contributed by atoms with Crippen LogP contribution in [0, 0.1) is 0 Å². The summed E-state index contributed by atoms with van der Waals surface area (Å²) in [4.78, 5) is 17.5. The molecule has 24 heavy (non-hydrogen) atoms. The minimum absolute atomic E-state index is 0.0321. The summed E-state index contributed by atoms with van der Waals surface area (Å²) >= 11 is 0. The molecule has 0 N–H and O–H groups in total. The van der Waals surface area contributed by atoms with Crippen LogP contribution in [0.3, 0.4) is 0 Å². The third-order valence-electron chi connectivity index (χ3n) is 6.08. The van der Waals surface area contributed by atoms with Gasteiger partial charge in [0.25, 0.3) is 0 Å². The van der Waals surface area contributed by atoms with E-state index in [9.17, 15) is 4.79 Å². The van der Waals surface area contributed by atoms with Gasteiger partial charge >= 0.3 is 0 Å². The lowest BCUT2D eigenvalue weighted by molar-refractivity contribution is -0.139. The number of carbonyl (C=O) groups is 1. The lowest BCUT2D eigenvalue weighted by Gasteiger charge is -2.43. The highest BCUT2D eigenvalue weighted by Gasteiger charge is 2.53. The van der Waals surface area contributed by atoms with Crippen molar-refractivity contribution in [2.75, 3.05) is 27.3 Å². The quantitative estimate of drug-likeness (QED) is 0.853. The Balaban J connectivity index is 2.00. The van der Waals surface area contributed by atoms with Crippen molar-refractivity contribution < 1.29 is 9.53 Å². The number of ether oxygens (including phenoxy) is 1. The molecule has 4 heteroatoms. The largest absolute Gasteiger partial charge is 0.375 e. The summed E-state index contributed by atoms with van der Waals surface area (Å²) in [5, 5.41) is 0. The summed E-state index contributed by atoms with van der Waals surface area (Å²) in [6, 6.07) is 10.9. The van der Waals surface area contributed by atoms with Crippen molar-refractivity contribution in [1.82, 2.24) is 9.80 Å². The molecule has 2 heterocycles. The molecule has 2 aliphatic rings. The van der Waals surface area contributed by atoms with Crippen LogP contribution in [0.5, 0.6) is 0 Å². The number of hydrogen-bond acceptors (Lipinski definition) is 3. The maximum absolute atomic E-state index is 12.9. The second-order valence-corrected chi connectivity index (χ2v) is 7.51. The second-order valence-electron chi connectivity index (χ2n) is 7.51. The fourth-order valence-corrected chi connectivity index (χ4v) is 4.62. The molecule has 3 atom stereocenters. The fourth-order valence-electron chi connectivity index (χ4n) is 4.62. The molecular weight excluding hydrogens is 300 g/mol. The van der Waals surface area contributed by atoms with Crippen molar-refractivity contribution in [2.24, 2.45) is 0 Å². The monoisotopic (exact) mass is 330 g/mol. The minimum Gasteiger partial charge on any atom is -0.375 e. The third kappa shape index (κ3) is 3.09. The predicted octanol–water partition coefficient (Wildman–Crippen LogP) is 3.24. The molecule has 2 saturated heterocycles. The Morgan fingerprint density at radius 2 is 2.00 bits per heavy atom. The third-order valence-corrected chi connectivity index (χ3v) is 6.08. The van der Waals surface area contributed by atoms with E-state index in [4.69, 9.17) is 4.74 Å². The first-order chi connectivity index (χ1) is 11.6. The number of fused-ring (bicyclic) bond motifs is 1. The zero-order chi connectivity index (χ0) is 17.2. The molecule has 2 aliphatic heterocycles. The van der Waals surface area contributed by atoms with E-state index in [1.165, 1.54) is 24.8 Å². The van der Waals surface area contributed by atoms with Crippen LogP contribution >= 0.6 is 0 Å². The number of likely N-dealkylation sites (N-methyl/N-ethyl adjacent to an activating group) is 1. The maximum Gasteiger partial charge on any atom is 0.249 e. The molecule has 1 aromatic carbocycles. The number of benzene rings is 1. The molecule has 4 nitrogen and oxygen atoms in total. The van der Waals surface area contributed by atoms with Crippen LogP contribution in [0.4, 0.5) is 0 Å². The molecule has 0 bridgehead atoms. The zero-order valence-corrected chi connectivity index (χ0v) is 15.2. The van der Waals surface area contributed by atoms with E-state index in [0.717, 1.165) is 19.4 Å². The van der Waals surface area contributed by atoms with Gasteiger partial charge in [0.05, 0.1) is 12.1 Å². The molecular formula is C20H30N2O2. The molecule has 132 valence electrons. The summed E-state index contributed by atoms with van der Waals surface area (Å²) in [5.74, 6) is 0.119. The number of hydrogen-bond donors (Lipinski definition) is 0. The number of likely N-dealkylation sites (tertiary alicyclic amines) is 2. The Hall–Kier alpha value is -1.39. The van der Waals surface area contributed by atoms with Gasteiger partial charge in [-0.25, -0.2) is 0 Å². The highest BCUT2D eigenvalue weighted by Crippen LogP contribution is 2.47. The van der Waals surface area contributed by atoms with Crippen LogP contribution in [0.25, 0.3) is 0 Å². The van der Waals surface area contributed by atoms with Gasteiger partial charge in [0.15, 0.2) is 0 Å². The summed E-state index contributed by atoms with van der Waals surface area (Å²) in [5.41, 5.74) is 1.27. The first-order valence-electron chi connectivity index (χ1n) is 9.14. The zero-order valence-electron chi connectivity index (χ0n) is 15.2. The lowest BCUT2D eigenvalue weighted by Crippen LogP contribution is -2.55. The van der Waals surface area contributed by atoms with Gasteiger partial charge in [-0.2, -0.15) is 0 Å². The first-order valence-corrected chi connectivity index (χ1v) is 9.14. The van der Waals surface area contributed by atoms with Gasteiger partial charge in [0, 0.05) is 12.6 Å². The van der Waals surface area contributed by atoms with Crippen molar-refractivity contribution in [3.63, 3.8) is 0 Å². The van der Waals surface area contributed by atoms with Crippen LogP contribution < -0.4 is 0 Å². The lowest BCUT2D eigenvalue weighted by atomic mass is 9.84. The molecule has 0 unspecified atom stereocenters. The van der Waals surface area contributed by atoms with Gasteiger partial charge in [0.1, 0.15) is 6.61 Å². The minimum atomic E-state index is 0.0321. The van der Waals surface area contributed by atoms with Crippen molar-refractivity contribution >= 4 is 5.91 Å². The van der Waals surface area contributed by atoms with E-state index >= 15 is 0 Å². The standard InChI is InChI=1S/C20H30N2O2/c1-20-14-17(16-10-6-4-7-11-16)22(19(23)15-24-3)18(20)12-8-5-9-13-21(20)2/h4,6-7,10-11,17-18H,5,8-9,12-15H2,1-3H3/t17-,18-,20-/m0/s1. The first kappa shape index (κ1) is 17.4. The number of methoxy groups -OCH3 is 1. The van der Waals surface area contributed by atoms with Crippen molar-refractivity contribution in [1.29, 1.82) is 0 Å². The topological polar surface area (TPSA) is 32.8 Å². The van der Waals surface area contributed by atoms with Gasteiger partial charge in [-0.3, -0.25) is 9.69 Å². The van der Waals surface area contributed by atoms with E-state index in [1.54, 1.807) is 7.11 Å². The smallest absolute Gasteiger partial charge is 0.249 e. The summed E-state index contributed by atoms with van der Waals surface area (Å²) in [6.07, 6.45) is 5.78. The number of rotatable bonds is 3. The summed E-state index contributed by atoms with van der Waals surface area (Å²) in [7, 11) is 3.83. The Kier molecular flexibility index (Phi) is 5.26. The van der Waals surface area contributed by atoms with Crippen LogP contribution in [-0.4, -0.2) is 54.6 Å². The molecule has 1 amide bonds. The van der Waals surface area contributed by atoms with Crippen LogP contribution in [-0.2, 0) is 9.53 Å². The Morgan fingerprint density at radius 1 is 1.25 bits per heavy atom. The normalized spacial score (nSPS) is 31.4. The fraction of sp³-hybridized carbons (Fsp3) is 0.650. The molecule has 1 aromatic rings. The van der Waals surface area contributed by atoms with Crippen LogP contribution in [0.2, 0.25) is 0 Å². The van der Waals surface area contributed by atoms with Gasteiger partial charge in [-0.1, -0.05) is 43.2 Å². The molecule has 2 fully saturated rings. The Bertz CT molecular complexity index is 562. The summed E-state index contributed by atoms with van der Waals surface area (Å²) in [6.45, 7) is 3.62. The molecule has 3 rings (SSSR count). The highest BCUT2D eigenvalue weighted by atomic mass is 16.5. The van der Waals surface area contributed by atoms with Gasteiger partial charge in [-0.15, -0.1) is 0 Å². The van der Waals surface area contributed by atoms with Crippen LogP contribution in [0.15, 0.2) is 30.3 Å².